The van der Waals surface area contributed by atoms with Gasteiger partial charge in [-0.3, -0.25) is 19.6 Å². The van der Waals surface area contributed by atoms with Crippen LogP contribution in [0.2, 0.25) is 0 Å². The third-order valence-corrected chi connectivity index (χ3v) is 3.24. The van der Waals surface area contributed by atoms with Gasteiger partial charge in [0.15, 0.2) is 5.13 Å². The third-order valence-electron chi connectivity index (χ3n) is 2.43. The van der Waals surface area contributed by atoms with Crippen LogP contribution in [-0.2, 0) is 6.54 Å². The van der Waals surface area contributed by atoms with Gasteiger partial charge in [-0.05, 0) is 19.1 Å². The molecule has 0 saturated heterocycles. The minimum atomic E-state index is -0.804. The van der Waals surface area contributed by atoms with Crippen molar-refractivity contribution in [2.75, 3.05) is 0 Å². The Morgan fingerprint density at radius 3 is 3.00 bits per heavy atom. The van der Waals surface area contributed by atoms with Crippen molar-refractivity contribution in [3.8, 4) is 0 Å². The molecule has 21 heavy (non-hydrogen) atoms. The number of hydrogen-bond acceptors (Lipinski definition) is 6. The summed E-state index contributed by atoms with van der Waals surface area (Å²) in [6.07, 6.45) is 2.42. The van der Waals surface area contributed by atoms with E-state index in [4.69, 9.17) is 0 Å². The number of halogens is 1. The molecule has 1 amide bonds. The zero-order chi connectivity index (χ0) is 15.4. The maximum atomic E-state index is 12.7. The van der Waals surface area contributed by atoms with Crippen LogP contribution < -0.4 is 5.43 Å². The smallest absolute Gasteiger partial charge is 0.265 e. The van der Waals surface area contributed by atoms with Crippen molar-refractivity contribution in [1.29, 1.82) is 0 Å². The Labute approximate surface area is 122 Å². The van der Waals surface area contributed by atoms with Gasteiger partial charge < -0.3 is 0 Å². The lowest BCUT2D eigenvalue weighted by Gasteiger charge is -1.95. The number of carbonyl (C=O) groups excluding carboxylic acids is 1. The summed E-state index contributed by atoms with van der Waals surface area (Å²) in [5.74, 6) is -0.804. The summed E-state index contributed by atoms with van der Waals surface area (Å²) in [5.41, 5.74) is 1.40. The van der Waals surface area contributed by atoms with Crippen molar-refractivity contribution >= 4 is 29.1 Å². The van der Waals surface area contributed by atoms with E-state index in [2.05, 4.69) is 15.6 Å². The molecule has 0 aliphatic rings. The second-order valence-electron chi connectivity index (χ2n) is 3.82. The van der Waals surface area contributed by atoms with Crippen LogP contribution >= 0.6 is 11.3 Å². The van der Waals surface area contributed by atoms with Gasteiger partial charge in [0, 0.05) is 6.54 Å². The van der Waals surface area contributed by atoms with Gasteiger partial charge in [0.2, 0.25) is 5.69 Å². The maximum absolute atomic E-state index is 12.7. The van der Waals surface area contributed by atoms with Gasteiger partial charge in [-0.15, -0.1) is 11.3 Å². The highest BCUT2D eigenvalue weighted by molar-refractivity contribution is 7.12. The number of nitro groups is 1. The molecule has 0 saturated carbocycles. The molecule has 0 atom stereocenters. The number of aromatic nitrogens is 2. The Kier molecular flexibility index (Phi) is 4.38. The van der Waals surface area contributed by atoms with Crippen molar-refractivity contribution < 1.29 is 14.1 Å². The Morgan fingerprint density at radius 2 is 2.43 bits per heavy atom. The molecule has 2 rings (SSSR count). The molecule has 10 heteroatoms. The van der Waals surface area contributed by atoms with Crippen LogP contribution in [0.3, 0.4) is 0 Å². The first kappa shape index (κ1) is 14.8. The van der Waals surface area contributed by atoms with Crippen molar-refractivity contribution in [2.24, 2.45) is 5.10 Å². The van der Waals surface area contributed by atoms with Gasteiger partial charge in [0.1, 0.15) is 6.20 Å². The van der Waals surface area contributed by atoms with Crippen LogP contribution in [0.1, 0.15) is 22.3 Å². The summed E-state index contributed by atoms with van der Waals surface area (Å²) in [6, 6.07) is 2.76. The molecule has 0 aliphatic carbocycles. The lowest BCUT2D eigenvalue weighted by Crippen LogP contribution is -2.19. The molecule has 0 fully saturated rings. The Hall–Kier alpha value is -2.62. The summed E-state index contributed by atoms with van der Waals surface area (Å²) in [4.78, 5) is 22.5. The molecular weight excluding hydrogens is 301 g/mol. The van der Waals surface area contributed by atoms with Gasteiger partial charge in [-0.25, -0.2) is 5.43 Å². The fourth-order valence-corrected chi connectivity index (χ4v) is 2.08. The van der Waals surface area contributed by atoms with E-state index in [1.807, 2.05) is 0 Å². The molecule has 0 radical (unpaired) electrons. The molecule has 0 spiro atoms. The van der Waals surface area contributed by atoms with Crippen molar-refractivity contribution in [3.63, 3.8) is 0 Å². The summed E-state index contributed by atoms with van der Waals surface area (Å²) in [6.45, 7) is 2.13. The van der Waals surface area contributed by atoms with Crippen LogP contribution in [0, 0.1) is 15.2 Å². The number of thiophene rings is 1. The number of amides is 1. The quantitative estimate of drug-likeness (QED) is 0.516. The van der Waals surface area contributed by atoms with Gasteiger partial charge in [-0.1, -0.05) is 0 Å². The molecule has 2 aromatic rings. The van der Waals surface area contributed by atoms with Gasteiger partial charge >= 0.3 is 5.69 Å². The highest BCUT2D eigenvalue weighted by Crippen LogP contribution is 2.16. The molecule has 0 aliphatic heterocycles. The second-order valence-corrected chi connectivity index (χ2v) is 4.88. The van der Waals surface area contributed by atoms with Crippen LogP contribution in [-0.4, -0.2) is 26.8 Å². The molecule has 0 unspecified atom stereocenters. The van der Waals surface area contributed by atoms with E-state index in [1.165, 1.54) is 29.2 Å². The van der Waals surface area contributed by atoms with E-state index < -0.39 is 16.5 Å². The molecule has 8 nitrogen and oxygen atoms in total. The first-order chi connectivity index (χ1) is 10.0. The van der Waals surface area contributed by atoms with Gasteiger partial charge in [0.25, 0.3) is 5.91 Å². The fourth-order valence-electron chi connectivity index (χ4n) is 1.47. The van der Waals surface area contributed by atoms with Gasteiger partial charge in [0.05, 0.1) is 16.0 Å². The number of nitrogens with one attached hydrogen (secondary N) is 1. The largest absolute Gasteiger partial charge is 0.320 e. The number of hydrogen-bond donors (Lipinski definition) is 1. The molecule has 0 aromatic carbocycles. The number of hydrazone groups is 1. The van der Waals surface area contributed by atoms with E-state index in [0.29, 0.717) is 11.4 Å². The highest BCUT2D eigenvalue weighted by Gasteiger charge is 2.25. The summed E-state index contributed by atoms with van der Waals surface area (Å²) >= 11 is 0.856. The summed E-state index contributed by atoms with van der Waals surface area (Å²) in [5, 5.41) is 17.9. The predicted molar refractivity (Wildman–Crippen MR) is 73.9 cm³/mol. The van der Waals surface area contributed by atoms with E-state index in [9.17, 15) is 19.3 Å². The molecule has 2 heterocycles. The highest BCUT2D eigenvalue weighted by atomic mass is 32.1. The first-order valence-corrected chi connectivity index (χ1v) is 6.63. The normalized spacial score (nSPS) is 11.0. The lowest BCUT2D eigenvalue weighted by molar-refractivity contribution is -0.385. The maximum Gasteiger partial charge on any atom is 0.320 e. The first-order valence-electron chi connectivity index (χ1n) is 5.82. The zero-order valence-corrected chi connectivity index (χ0v) is 11.6. The van der Waals surface area contributed by atoms with E-state index >= 15 is 0 Å². The lowest BCUT2D eigenvalue weighted by atomic mass is 10.3. The third kappa shape index (κ3) is 3.48. The average molecular weight is 311 g/mol. The Morgan fingerprint density at radius 1 is 1.67 bits per heavy atom. The SMILES string of the molecule is CCn1cc([N+](=O)[O-])c(C(=O)N/N=C/c2ccc(F)s2)n1. The molecule has 2 aromatic heterocycles. The fraction of sp³-hybridized carbons (Fsp3) is 0.182. The van der Waals surface area contributed by atoms with E-state index in [0.717, 1.165) is 11.3 Å². The molecule has 110 valence electrons. The predicted octanol–water partition coefficient (Wildman–Crippen LogP) is 1.78. The topological polar surface area (TPSA) is 102 Å². The van der Waals surface area contributed by atoms with Crippen LogP contribution in [0.5, 0.6) is 0 Å². The summed E-state index contributed by atoms with van der Waals surface area (Å²) < 4.78 is 14.0. The molecular formula is C11H10FN5O3S. The number of carbonyl (C=O) groups is 1. The number of aryl methyl sites for hydroxylation is 1. The monoisotopic (exact) mass is 311 g/mol. The van der Waals surface area contributed by atoms with E-state index in [-0.39, 0.29) is 10.8 Å². The second kappa shape index (κ2) is 6.22. The number of rotatable bonds is 5. The summed E-state index contributed by atoms with van der Waals surface area (Å²) in [7, 11) is 0. The molecule has 1 N–H and O–H groups in total. The standard InChI is InChI=1S/C11H10FN5O3S/c1-2-16-6-8(17(19)20)10(15-16)11(18)14-13-5-7-3-4-9(12)21-7/h3-6H,2H2,1H3,(H,14,18)/b13-5+. The van der Waals surface area contributed by atoms with Gasteiger partial charge in [-0.2, -0.15) is 14.6 Å². The Bertz CT molecular complexity index is 709. The number of nitrogens with zero attached hydrogens (tertiary/aromatic N) is 4. The van der Waals surface area contributed by atoms with Crippen molar-refractivity contribution in [1.82, 2.24) is 15.2 Å². The zero-order valence-electron chi connectivity index (χ0n) is 10.8. The molecule has 0 bridgehead atoms. The van der Waals surface area contributed by atoms with Crippen molar-refractivity contribution in [3.05, 3.63) is 44.1 Å². The minimum Gasteiger partial charge on any atom is -0.265 e. The van der Waals surface area contributed by atoms with Crippen molar-refractivity contribution in [2.45, 2.75) is 13.5 Å². The van der Waals surface area contributed by atoms with Crippen LogP contribution in [0.15, 0.2) is 23.4 Å². The average Bonchev–Trinajstić information content (AvgIpc) is 3.04. The minimum absolute atomic E-state index is 0.323. The van der Waals surface area contributed by atoms with Crippen LogP contribution in [0.25, 0.3) is 0 Å². The van der Waals surface area contributed by atoms with E-state index in [1.54, 1.807) is 6.92 Å². The van der Waals surface area contributed by atoms with Crippen LogP contribution in [0.4, 0.5) is 10.1 Å². The Balaban J connectivity index is 2.11.